The lowest BCUT2D eigenvalue weighted by Gasteiger charge is -2.28. The molecule has 2 rings (SSSR count). The molecule has 1 atom stereocenters. The average molecular weight is 397 g/mol. The van der Waals surface area contributed by atoms with Crippen LogP contribution in [0.25, 0.3) is 0 Å². The molecular formula is C16H15BCl2N2O5. The smallest absolute Gasteiger partial charge is 0.463 e. The van der Waals surface area contributed by atoms with Crippen molar-refractivity contribution in [2.45, 2.75) is 19.8 Å². The van der Waals surface area contributed by atoms with Gasteiger partial charge in [0.25, 0.3) is 0 Å². The van der Waals surface area contributed by atoms with Crippen molar-refractivity contribution in [3.8, 4) is 6.07 Å². The first-order valence-corrected chi connectivity index (χ1v) is 8.29. The lowest BCUT2D eigenvalue weighted by molar-refractivity contribution is -0.139. The molecule has 0 saturated heterocycles. The van der Waals surface area contributed by atoms with Crippen LogP contribution in [0.2, 0.25) is 10.0 Å². The molecule has 1 unspecified atom stereocenters. The molecule has 1 aliphatic heterocycles. The van der Waals surface area contributed by atoms with Gasteiger partial charge in [0, 0.05) is 15.5 Å². The highest BCUT2D eigenvalue weighted by atomic mass is 35.5. The number of halogens is 2. The maximum absolute atomic E-state index is 12.5. The first-order chi connectivity index (χ1) is 12.2. The van der Waals surface area contributed by atoms with Crippen LogP contribution < -0.4 is 11.2 Å². The largest absolute Gasteiger partial charge is 0.491 e. The fourth-order valence-corrected chi connectivity index (χ4v) is 3.39. The van der Waals surface area contributed by atoms with Crippen molar-refractivity contribution in [1.82, 2.24) is 0 Å². The first kappa shape index (κ1) is 20.1. The standard InChI is InChI=1S/C16H15BCl2N2O5/c1-3-25-16(22)11-7(2)26-15(21)9(6-20)12(11)8-4-5-10(18)13(14(8)19)17(23)24/h4-5,12,23-24H,3,21H2,1-2H3. The van der Waals surface area contributed by atoms with Crippen molar-refractivity contribution in [3.63, 3.8) is 0 Å². The molecule has 1 heterocycles. The summed E-state index contributed by atoms with van der Waals surface area (Å²) in [6.07, 6.45) is 0. The lowest BCUT2D eigenvalue weighted by atomic mass is 9.75. The third-order valence-corrected chi connectivity index (χ3v) is 4.58. The number of hydrogen-bond donors (Lipinski definition) is 3. The van der Waals surface area contributed by atoms with Crippen LogP contribution in [0.15, 0.2) is 34.9 Å². The zero-order chi connectivity index (χ0) is 19.6. The molecular weight excluding hydrogens is 382 g/mol. The number of carbonyl (C=O) groups excluding carboxylic acids is 1. The SMILES string of the molecule is CCOC(=O)C1=C(C)OC(N)=C(C#N)C1c1ccc(Cl)c(B(O)O)c1Cl. The summed E-state index contributed by atoms with van der Waals surface area (Å²) < 4.78 is 10.4. The van der Waals surface area contributed by atoms with Crippen LogP contribution in [-0.4, -0.2) is 29.7 Å². The fraction of sp³-hybridized carbons (Fsp3) is 0.250. The van der Waals surface area contributed by atoms with Crippen molar-refractivity contribution in [2.24, 2.45) is 5.73 Å². The Hall–Kier alpha value is -2.18. The van der Waals surface area contributed by atoms with Gasteiger partial charge in [-0.1, -0.05) is 29.3 Å². The Bertz CT molecular complexity index is 861. The van der Waals surface area contributed by atoms with Gasteiger partial charge >= 0.3 is 13.1 Å². The summed E-state index contributed by atoms with van der Waals surface area (Å²) in [5, 5.41) is 28.5. The van der Waals surface area contributed by atoms with E-state index in [9.17, 15) is 20.1 Å². The Kier molecular flexibility index (Phi) is 6.21. The molecule has 26 heavy (non-hydrogen) atoms. The van der Waals surface area contributed by atoms with Gasteiger partial charge in [-0.25, -0.2) is 4.79 Å². The summed E-state index contributed by atoms with van der Waals surface area (Å²) in [7, 11) is -1.95. The van der Waals surface area contributed by atoms with Crippen LogP contribution in [0.4, 0.5) is 0 Å². The molecule has 0 bridgehead atoms. The van der Waals surface area contributed by atoms with Crippen LogP contribution in [0.3, 0.4) is 0 Å². The summed E-state index contributed by atoms with van der Waals surface area (Å²) in [6, 6.07) is 4.77. The number of ether oxygens (including phenoxy) is 2. The van der Waals surface area contributed by atoms with Crippen molar-refractivity contribution in [1.29, 1.82) is 5.26 Å². The van der Waals surface area contributed by atoms with Crippen LogP contribution in [-0.2, 0) is 14.3 Å². The van der Waals surface area contributed by atoms with E-state index in [1.807, 2.05) is 6.07 Å². The average Bonchev–Trinajstić information content (AvgIpc) is 2.54. The summed E-state index contributed by atoms with van der Waals surface area (Å²) in [5.41, 5.74) is 5.89. The van der Waals surface area contributed by atoms with Gasteiger partial charge in [-0.2, -0.15) is 5.26 Å². The summed E-state index contributed by atoms with van der Waals surface area (Å²) in [4.78, 5) is 12.5. The predicted molar refractivity (Wildman–Crippen MR) is 96.3 cm³/mol. The zero-order valence-electron chi connectivity index (χ0n) is 13.9. The number of nitrogens with zero attached hydrogens (tertiary/aromatic N) is 1. The maximum atomic E-state index is 12.5. The van der Waals surface area contributed by atoms with E-state index in [2.05, 4.69) is 0 Å². The molecule has 0 radical (unpaired) electrons. The Morgan fingerprint density at radius 3 is 2.65 bits per heavy atom. The van der Waals surface area contributed by atoms with E-state index in [0.29, 0.717) is 0 Å². The van der Waals surface area contributed by atoms with Crippen molar-refractivity contribution >= 4 is 41.8 Å². The second-order valence-corrected chi connectivity index (χ2v) is 6.14. The van der Waals surface area contributed by atoms with E-state index in [-0.39, 0.29) is 50.5 Å². The summed E-state index contributed by atoms with van der Waals surface area (Å²) >= 11 is 12.3. The van der Waals surface area contributed by atoms with Gasteiger partial charge in [0.1, 0.15) is 17.4 Å². The van der Waals surface area contributed by atoms with E-state index < -0.39 is 19.0 Å². The number of allylic oxidation sites excluding steroid dienone is 2. The Labute approximate surface area is 160 Å². The minimum atomic E-state index is -1.95. The number of esters is 1. The highest BCUT2D eigenvalue weighted by Crippen LogP contribution is 2.42. The molecule has 136 valence electrons. The summed E-state index contributed by atoms with van der Waals surface area (Å²) in [5.74, 6) is -1.73. The first-order valence-electron chi connectivity index (χ1n) is 7.53. The molecule has 4 N–H and O–H groups in total. The molecule has 1 aromatic carbocycles. The molecule has 0 saturated carbocycles. The van der Waals surface area contributed by atoms with Gasteiger partial charge in [0.05, 0.1) is 18.1 Å². The van der Waals surface area contributed by atoms with Gasteiger partial charge in [0.2, 0.25) is 5.88 Å². The second-order valence-electron chi connectivity index (χ2n) is 5.35. The fourth-order valence-electron chi connectivity index (χ4n) is 2.71. The number of nitrogens with two attached hydrogens (primary N) is 1. The van der Waals surface area contributed by atoms with Crippen molar-refractivity contribution < 1.29 is 24.3 Å². The van der Waals surface area contributed by atoms with Crippen LogP contribution >= 0.6 is 23.2 Å². The minimum absolute atomic E-state index is 0.0228. The molecule has 0 fully saturated rings. The Morgan fingerprint density at radius 2 is 2.12 bits per heavy atom. The van der Waals surface area contributed by atoms with Crippen LogP contribution in [0.1, 0.15) is 25.3 Å². The van der Waals surface area contributed by atoms with Gasteiger partial charge < -0.3 is 25.3 Å². The van der Waals surface area contributed by atoms with Crippen LogP contribution in [0, 0.1) is 11.3 Å². The second kappa shape index (κ2) is 8.02. The zero-order valence-corrected chi connectivity index (χ0v) is 15.4. The summed E-state index contributed by atoms with van der Waals surface area (Å²) in [6.45, 7) is 3.25. The van der Waals surface area contributed by atoms with Crippen molar-refractivity contribution in [3.05, 3.63) is 50.5 Å². The predicted octanol–water partition coefficient (Wildman–Crippen LogP) is 1.32. The van der Waals surface area contributed by atoms with E-state index in [4.69, 9.17) is 38.4 Å². The van der Waals surface area contributed by atoms with Gasteiger partial charge in [-0.3, -0.25) is 0 Å². The van der Waals surface area contributed by atoms with E-state index >= 15 is 0 Å². The van der Waals surface area contributed by atoms with Gasteiger partial charge in [0.15, 0.2) is 0 Å². The number of rotatable bonds is 4. The molecule has 0 spiro atoms. The molecule has 0 aliphatic carbocycles. The maximum Gasteiger partial charge on any atom is 0.491 e. The molecule has 1 aromatic rings. The normalized spacial score (nSPS) is 16.9. The highest BCUT2D eigenvalue weighted by molar-refractivity contribution is 6.66. The third-order valence-electron chi connectivity index (χ3n) is 3.83. The third kappa shape index (κ3) is 3.52. The molecule has 0 amide bonds. The number of hydrogen-bond acceptors (Lipinski definition) is 7. The topological polar surface area (TPSA) is 126 Å². The van der Waals surface area contributed by atoms with Gasteiger partial charge in [-0.15, -0.1) is 0 Å². The Balaban J connectivity index is 2.77. The minimum Gasteiger partial charge on any atom is -0.463 e. The van der Waals surface area contributed by atoms with E-state index in [1.165, 1.54) is 19.1 Å². The quantitative estimate of drug-likeness (QED) is 0.517. The molecule has 1 aliphatic rings. The van der Waals surface area contributed by atoms with Gasteiger partial charge in [-0.05, 0) is 25.5 Å². The van der Waals surface area contributed by atoms with E-state index in [0.717, 1.165) is 0 Å². The molecule has 10 heteroatoms. The van der Waals surface area contributed by atoms with Crippen LogP contribution in [0.5, 0.6) is 0 Å². The number of nitriles is 1. The Morgan fingerprint density at radius 1 is 1.46 bits per heavy atom. The lowest BCUT2D eigenvalue weighted by Crippen LogP contribution is -2.34. The molecule has 0 aromatic heterocycles. The number of carbonyl (C=O) groups is 1. The monoisotopic (exact) mass is 396 g/mol. The van der Waals surface area contributed by atoms with E-state index in [1.54, 1.807) is 6.92 Å². The van der Waals surface area contributed by atoms with Crippen molar-refractivity contribution in [2.75, 3.05) is 6.61 Å². The highest BCUT2D eigenvalue weighted by Gasteiger charge is 2.38. The number of benzene rings is 1. The molecule has 7 nitrogen and oxygen atoms in total.